The number of rotatable bonds is 2. The Balaban J connectivity index is 2.24. The molecule has 1 N–H and O–H groups in total. The smallest absolute Gasteiger partial charge is 0.267 e. The maximum absolute atomic E-state index is 11.9. The molecule has 2 heterocycles. The standard InChI is InChI=1S/C12H10N4OS/c1-18-12-14-11-13-9(7-10(17)16(11)15-12)8-5-3-2-4-6-8/h2-7H,1H3,(H,13,14,15). The summed E-state index contributed by atoms with van der Waals surface area (Å²) in [6.45, 7) is 0. The van der Waals surface area contributed by atoms with E-state index in [-0.39, 0.29) is 5.56 Å². The lowest BCUT2D eigenvalue weighted by molar-refractivity contribution is 0.852. The van der Waals surface area contributed by atoms with Gasteiger partial charge in [0.15, 0.2) is 5.16 Å². The number of fused-ring (bicyclic) bond motifs is 1. The number of H-pyrrole nitrogens is 1. The minimum atomic E-state index is -0.161. The minimum Gasteiger partial charge on any atom is -0.267 e. The molecule has 18 heavy (non-hydrogen) atoms. The Hall–Kier alpha value is -2.08. The SMILES string of the molecule is CSc1nc2nc(-c3ccccc3)cc(=O)n2[nH]1. The van der Waals surface area contributed by atoms with Crippen LogP contribution < -0.4 is 5.56 Å². The first kappa shape index (κ1) is 11.0. The lowest BCUT2D eigenvalue weighted by atomic mass is 10.1. The predicted octanol–water partition coefficient (Wildman–Crippen LogP) is 1.81. The van der Waals surface area contributed by atoms with Gasteiger partial charge in [-0.2, -0.15) is 9.50 Å². The first-order valence-corrected chi connectivity index (χ1v) is 6.59. The highest BCUT2D eigenvalue weighted by atomic mass is 32.2. The van der Waals surface area contributed by atoms with Crippen molar-refractivity contribution in [2.45, 2.75) is 5.16 Å². The molecule has 0 atom stereocenters. The molecule has 0 saturated heterocycles. The lowest BCUT2D eigenvalue weighted by Gasteiger charge is -1.99. The van der Waals surface area contributed by atoms with Gasteiger partial charge in [0.25, 0.3) is 11.3 Å². The fourth-order valence-electron chi connectivity index (χ4n) is 1.71. The molecule has 0 bridgehead atoms. The molecule has 0 spiro atoms. The van der Waals surface area contributed by atoms with Crippen molar-refractivity contribution < 1.29 is 0 Å². The molecule has 0 amide bonds. The Morgan fingerprint density at radius 3 is 2.72 bits per heavy atom. The van der Waals surface area contributed by atoms with E-state index in [4.69, 9.17) is 0 Å². The lowest BCUT2D eigenvalue weighted by Crippen LogP contribution is -2.14. The van der Waals surface area contributed by atoms with E-state index in [0.29, 0.717) is 16.6 Å². The van der Waals surface area contributed by atoms with Crippen LogP contribution in [-0.4, -0.2) is 25.8 Å². The van der Waals surface area contributed by atoms with Crippen LogP contribution in [0, 0.1) is 0 Å². The quantitative estimate of drug-likeness (QED) is 0.712. The van der Waals surface area contributed by atoms with E-state index < -0.39 is 0 Å². The average molecular weight is 258 g/mol. The van der Waals surface area contributed by atoms with Crippen molar-refractivity contribution in [3.8, 4) is 11.3 Å². The van der Waals surface area contributed by atoms with Crippen LogP contribution in [0.4, 0.5) is 0 Å². The first-order valence-electron chi connectivity index (χ1n) is 5.37. The summed E-state index contributed by atoms with van der Waals surface area (Å²) in [5, 5.41) is 3.56. The molecule has 0 saturated carbocycles. The Labute approximate surface area is 107 Å². The van der Waals surface area contributed by atoms with Crippen LogP contribution in [0.5, 0.6) is 0 Å². The molecule has 5 nitrogen and oxygen atoms in total. The van der Waals surface area contributed by atoms with Crippen LogP contribution in [0.1, 0.15) is 0 Å². The van der Waals surface area contributed by atoms with Crippen molar-refractivity contribution in [3.63, 3.8) is 0 Å². The van der Waals surface area contributed by atoms with Crippen LogP contribution in [0.15, 0.2) is 46.3 Å². The summed E-state index contributed by atoms with van der Waals surface area (Å²) in [6, 6.07) is 11.1. The fourth-order valence-corrected chi connectivity index (χ4v) is 2.07. The van der Waals surface area contributed by atoms with Crippen LogP contribution >= 0.6 is 11.8 Å². The number of hydrogen-bond donors (Lipinski definition) is 1. The average Bonchev–Trinajstić information content (AvgIpc) is 2.83. The molecule has 0 aliphatic carbocycles. The second-order valence-corrected chi connectivity index (χ2v) is 4.51. The summed E-state index contributed by atoms with van der Waals surface area (Å²) in [5.74, 6) is 0.394. The molecule has 90 valence electrons. The second kappa shape index (κ2) is 4.30. The molecule has 3 rings (SSSR count). The van der Waals surface area contributed by atoms with Gasteiger partial charge in [-0.1, -0.05) is 42.1 Å². The molecule has 2 aromatic heterocycles. The van der Waals surface area contributed by atoms with Gasteiger partial charge in [-0.25, -0.2) is 4.98 Å². The second-order valence-electron chi connectivity index (χ2n) is 3.71. The highest BCUT2D eigenvalue weighted by Gasteiger charge is 2.08. The highest BCUT2D eigenvalue weighted by Crippen LogP contribution is 2.15. The number of aromatic nitrogens is 4. The highest BCUT2D eigenvalue weighted by molar-refractivity contribution is 7.98. The summed E-state index contributed by atoms with van der Waals surface area (Å²) in [5.41, 5.74) is 1.39. The summed E-state index contributed by atoms with van der Waals surface area (Å²) in [4.78, 5) is 20.6. The fraction of sp³-hybridized carbons (Fsp3) is 0.0833. The van der Waals surface area contributed by atoms with Crippen molar-refractivity contribution in [2.75, 3.05) is 6.26 Å². The molecule has 0 unspecified atom stereocenters. The van der Waals surface area contributed by atoms with Crippen LogP contribution in [0.25, 0.3) is 17.0 Å². The van der Waals surface area contributed by atoms with Gasteiger partial charge in [-0.15, -0.1) is 0 Å². The zero-order valence-electron chi connectivity index (χ0n) is 9.62. The van der Waals surface area contributed by atoms with Crippen LogP contribution in [-0.2, 0) is 0 Å². The maximum atomic E-state index is 11.9. The van der Waals surface area contributed by atoms with Crippen molar-refractivity contribution in [1.29, 1.82) is 0 Å². The Bertz CT molecular complexity index is 748. The van der Waals surface area contributed by atoms with E-state index in [0.717, 1.165) is 5.56 Å². The van der Waals surface area contributed by atoms with Gasteiger partial charge < -0.3 is 0 Å². The monoisotopic (exact) mass is 258 g/mol. The Kier molecular flexibility index (Phi) is 2.64. The third-order valence-corrected chi connectivity index (χ3v) is 3.14. The van der Waals surface area contributed by atoms with Crippen molar-refractivity contribution in [2.24, 2.45) is 0 Å². The topological polar surface area (TPSA) is 63.1 Å². The normalized spacial score (nSPS) is 10.9. The van der Waals surface area contributed by atoms with Crippen molar-refractivity contribution in [1.82, 2.24) is 19.6 Å². The number of thioether (sulfide) groups is 1. The van der Waals surface area contributed by atoms with E-state index in [2.05, 4.69) is 15.1 Å². The first-order chi connectivity index (χ1) is 8.78. The third kappa shape index (κ3) is 1.80. The number of benzene rings is 1. The van der Waals surface area contributed by atoms with E-state index in [1.165, 1.54) is 22.3 Å². The van der Waals surface area contributed by atoms with Gasteiger partial charge in [-0.05, 0) is 6.26 Å². The Morgan fingerprint density at radius 2 is 2.00 bits per heavy atom. The van der Waals surface area contributed by atoms with E-state index in [9.17, 15) is 4.79 Å². The molecule has 1 aromatic carbocycles. The van der Waals surface area contributed by atoms with Crippen LogP contribution in [0.2, 0.25) is 0 Å². The predicted molar refractivity (Wildman–Crippen MR) is 70.8 cm³/mol. The summed E-state index contributed by atoms with van der Waals surface area (Å²) >= 11 is 1.44. The zero-order valence-corrected chi connectivity index (χ0v) is 10.4. The molecular formula is C12H10N4OS. The molecule has 0 aliphatic heterocycles. The number of hydrogen-bond acceptors (Lipinski definition) is 4. The van der Waals surface area contributed by atoms with Gasteiger partial charge in [0.1, 0.15) is 0 Å². The van der Waals surface area contributed by atoms with E-state index in [1.807, 2.05) is 36.6 Å². The van der Waals surface area contributed by atoms with Crippen molar-refractivity contribution in [3.05, 3.63) is 46.8 Å². The summed E-state index contributed by atoms with van der Waals surface area (Å²) in [7, 11) is 0. The number of nitrogens with one attached hydrogen (secondary N) is 1. The third-order valence-electron chi connectivity index (χ3n) is 2.57. The summed E-state index contributed by atoms with van der Waals surface area (Å²) in [6.07, 6.45) is 1.89. The molecule has 0 aliphatic rings. The largest absolute Gasteiger partial charge is 0.274 e. The van der Waals surface area contributed by atoms with Gasteiger partial charge in [0.2, 0.25) is 0 Å². The molecular weight excluding hydrogens is 248 g/mol. The van der Waals surface area contributed by atoms with Gasteiger partial charge in [0.05, 0.1) is 5.69 Å². The zero-order chi connectivity index (χ0) is 12.5. The molecule has 6 heteroatoms. The summed E-state index contributed by atoms with van der Waals surface area (Å²) < 4.78 is 1.35. The molecule has 3 aromatic rings. The molecule has 0 radical (unpaired) electrons. The van der Waals surface area contributed by atoms with Gasteiger partial charge in [0, 0.05) is 11.6 Å². The van der Waals surface area contributed by atoms with Crippen LogP contribution in [0.3, 0.4) is 0 Å². The molecule has 0 fully saturated rings. The minimum absolute atomic E-state index is 0.161. The number of aromatic amines is 1. The Morgan fingerprint density at radius 1 is 1.22 bits per heavy atom. The maximum Gasteiger partial charge on any atom is 0.274 e. The van der Waals surface area contributed by atoms with E-state index >= 15 is 0 Å². The van der Waals surface area contributed by atoms with Gasteiger partial charge >= 0.3 is 0 Å². The van der Waals surface area contributed by atoms with Gasteiger partial charge in [-0.3, -0.25) is 9.89 Å². The van der Waals surface area contributed by atoms with Crippen molar-refractivity contribution >= 4 is 17.5 Å². The number of nitrogens with zero attached hydrogens (tertiary/aromatic N) is 3. The van der Waals surface area contributed by atoms with E-state index in [1.54, 1.807) is 0 Å².